The van der Waals surface area contributed by atoms with E-state index in [2.05, 4.69) is 27.0 Å². The van der Waals surface area contributed by atoms with E-state index in [-0.39, 0.29) is 17.0 Å². The van der Waals surface area contributed by atoms with Gasteiger partial charge >= 0.3 is 0 Å². The molecule has 7 heteroatoms. The van der Waals surface area contributed by atoms with E-state index in [0.29, 0.717) is 22.7 Å². The first kappa shape index (κ1) is 22.4. The van der Waals surface area contributed by atoms with Gasteiger partial charge in [-0.3, -0.25) is 4.79 Å². The second-order valence-electron chi connectivity index (χ2n) is 8.23. The lowest BCUT2D eigenvalue weighted by molar-refractivity contribution is 0.0937. The molecular weight excluding hydrogens is 424 g/mol. The number of nitrogens with zero attached hydrogens (tertiary/aromatic N) is 2. The van der Waals surface area contributed by atoms with Crippen LogP contribution in [-0.4, -0.2) is 41.0 Å². The number of amides is 1. The van der Waals surface area contributed by atoms with Gasteiger partial charge in [0.25, 0.3) is 5.91 Å². The highest BCUT2D eigenvalue weighted by molar-refractivity contribution is 5.93. The van der Waals surface area contributed by atoms with Crippen LogP contribution in [0.2, 0.25) is 0 Å². The van der Waals surface area contributed by atoms with E-state index < -0.39 is 23.6 Å². The summed E-state index contributed by atoms with van der Waals surface area (Å²) in [5.41, 5.74) is 2.08. The average Bonchev–Trinajstić information content (AvgIpc) is 2.76. The summed E-state index contributed by atoms with van der Waals surface area (Å²) in [6.45, 7) is 3.61. The van der Waals surface area contributed by atoms with Crippen molar-refractivity contribution in [1.29, 1.82) is 0 Å². The topological polar surface area (TPSA) is 65.5 Å². The average molecular weight is 447 g/mol. The lowest BCUT2D eigenvalue weighted by Gasteiger charge is -2.32. The van der Waals surface area contributed by atoms with Gasteiger partial charge in [0, 0.05) is 35.8 Å². The predicted molar refractivity (Wildman–Crippen MR) is 121 cm³/mol. The number of phenols is 1. The molecule has 1 atom stereocenters. The second-order valence-corrected chi connectivity index (χ2v) is 8.23. The summed E-state index contributed by atoms with van der Waals surface area (Å²) in [7, 11) is 2.03. The van der Waals surface area contributed by atoms with Crippen LogP contribution < -0.4 is 5.32 Å². The van der Waals surface area contributed by atoms with Crippen LogP contribution in [-0.2, 0) is 0 Å². The third-order valence-electron chi connectivity index (χ3n) is 5.45. The number of hydrogen-bond donors (Lipinski definition) is 2. The summed E-state index contributed by atoms with van der Waals surface area (Å²) in [6.07, 6.45) is 0. The van der Waals surface area contributed by atoms with Crippen LogP contribution in [0.1, 0.15) is 38.9 Å². The quantitative estimate of drug-likeness (QED) is 0.597. The van der Waals surface area contributed by atoms with Crippen molar-refractivity contribution in [2.45, 2.75) is 13.0 Å². The molecule has 5 nitrogen and oxygen atoms in total. The van der Waals surface area contributed by atoms with E-state index in [1.807, 2.05) is 13.1 Å². The monoisotopic (exact) mass is 447 g/mol. The van der Waals surface area contributed by atoms with Crippen molar-refractivity contribution in [3.8, 4) is 17.6 Å². The van der Waals surface area contributed by atoms with Gasteiger partial charge in [0.1, 0.15) is 23.1 Å². The van der Waals surface area contributed by atoms with Gasteiger partial charge in [-0.05, 0) is 62.0 Å². The summed E-state index contributed by atoms with van der Waals surface area (Å²) in [5, 5.41) is 13.1. The van der Waals surface area contributed by atoms with Gasteiger partial charge in [0.2, 0.25) is 0 Å². The lowest BCUT2D eigenvalue weighted by atomic mass is 9.97. The molecular formula is C26H23F2N3O2. The van der Waals surface area contributed by atoms with Crippen LogP contribution in [0.3, 0.4) is 0 Å². The van der Waals surface area contributed by atoms with E-state index in [1.165, 1.54) is 30.3 Å². The molecule has 0 spiro atoms. The number of phenolic OH excluding ortho intramolecular Hbond substituents is 1. The number of benzene rings is 2. The lowest BCUT2D eigenvalue weighted by Crippen LogP contribution is -2.42. The first-order chi connectivity index (χ1) is 15.8. The molecule has 0 bridgehead atoms. The third kappa shape index (κ3) is 5.36. The minimum Gasteiger partial charge on any atom is -0.508 e. The van der Waals surface area contributed by atoms with Gasteiger partial charge in [-0.2, -0.15) is 0 Å². The van der Waals surface area contributed by atoms with Gasteiger partial charge < -0.3 is 15.3 Å². The van der Waals surface area contributed by atoms with Gasteiger partial charge in [0.05, 0.1) is 6.04 Å². The summed E-state index contributed by atoms with van der Waals surface area (Å²) in [5.74, 6) is 4.89. The Balaban J connectivity index is 1.64. The second kappa shape index (κ2) is 9.39. The van der Waals surface area contributed by atoms with Crippen molar-refractivity contribution >= 4 is 5.91 Å². The fraction of sp³-hybridized carbons (Fsp3) is 0.231. The van der Waals surface area contributed by atoms with E-state index >= 15 is 0 Å². The third-order valence-corrected chi connectivity index (χ3v) is 5.45. The van der Waals surface area contributed by atoms with Gasteiger partial charge in [-0.15, -0.1) is 0 Å². The van der Waals surface area contributed by atoms with E-state index in [0.717, 1.165) is 25.2 Å². The molecule has 0 aliphatic carbocycles. The van der Waals surface area contributed by atoms with Crippen molar-refractivity contribution in [2.24, 2.45) is 5.92 Å². The highest BCUT2D eigenvalue weighted by Crippen LogP contribution is 2.30. The van der Waals surface area contributed by atoms with Gasteiger partial charge in [-0.25, -0.2) is 13.8 Å². The molecule has 1 aliphatic heterocycles. The Morgan fingerprint density at radius 1 is 1.12 bits per heavy atom. The smallest absolute Gasteiger partial charge is 0.270 e. The van der Waals surface area contributed by atoms with E-state index in [9.17, 15) is 18.7 Å². The molecule has 2 N–H and O–H groups in total. The largest absolute Gasteiger partial charge is 0.508 e. The molecule has 2 aromatic carbocycles. The molecule has 0 radical (unpaired) electrons. The zero-order chi connectivity index (χ0) is 23.5. The number of carbonyl (C=O) groups is 1. The first-order valence-corrected chi connectivity index (χ1v) is 10.5. The Morgan fingerprint density at radius 2 is 1.82 bits per heavy atom. The summed E-state index contributed by atoms with van der Waals surface area (Å²) >= 11 is 0. The summed E-state index contributed by atoms with van der Waals surface area (Å²) < 4.78 is 27.4. The Morgan fingerprint density at radius 3 is 2.52 bits per heavy atom. The Bertz CT molecular complexity index is 1240. The van der Waals surface area contributed by atoms with E-state index in [4.69, 9.17) is 0 Å². The molecule has 4 rings (SSSR count). The maximum absolute atomic E-state index is 13.9. The molecule has 1 unspecified atom stereocenters. The predicted octanol–water partition coefficient (Wildman–Crippen LogP) is 3.81. The van der Waals surface area contributed by atoms with Gasteiger partial charge in [0.15, 0.2) is 0 Å². The van der Waals surface area contributed by atoms with Crippen molar-refractivity contribution in [3.05, 3.63) is 94.3 Å². The molecule has 33 heavy (non-hydrogen) atoms. The molecule has 168 valence electrons. The molecule has 2 heterocycles. The maximum Gasteiger partial charge on any atom is 0.270 e. The van der Waals surface area contributed by atoms with Crippen molar-refractivity contribution in [3.63, 3.8) is 0 Å². The van der Waals surface area contributed by atoms with Crippen molar-refractivity contribution in [1.82, 2.24) is 15.2 Å². The summed E-state index contributed by atoms with van der Waals surface area (Å²) in [4.78, 5) is 19.6. The van der Waals surface area contributed by atoms with Crippen LogP contribution >= 0.6 is 0 Å². The SMILES string of the molecule is Cc1cc(C#CC2CN(C)C2)cc(C(=O)NC(c2ccc(F)cc2)c2cc(F)ccc2O)n1. The number of carbonyl (C=O) groups excluding carboxylic acids is 1. The molecule has 1 aliphatic rings. The van der Waals surface area contributed by atoms with Crippen LogP contribution in [0.25, 0.3) is 0 Å². The fourth-order valence-corrected chi connectivity index (χ4v) is 3.79. The zero-order valence-electron chi connectivity index (χ0n) is 18.3. The number of aromatic nitrogens is 1. The molecule has 1 amide bonds. The normalized spacial score (nSPS) is 14.7. The Hall–Kier alpha value is -3.76. The highest BCUT2D eigenvalue weighted by atomic mass is 19.1. The number of nitrogens with one attached hydrogen (secondary N) is 1. The molecule has 1 saturated heterocycles. The number of likely N-dealkylation sites (tertiary alicyclic amines) is 1. The number of pyridine rings is 1. The van der Waals surface area contributed by atoms with Crippen molar-refractivity contribution in [2.75, 3.05) is 20.1 Å². The van der Waals surface area contributed by atoms with Crippen LogP contribution in [0.5, 0.6) is 5.75 Å². The van der Waals surface area contributed by atoms with Crippen LogP contribution in [0.4, 0.5) is 8.78 Å². The number of aromatic hydroxyl groups is 1. The zero-order valence-corrected chi connectivity index (χ0v) is 18.3. The van der Waals surface area contributed by atoms with Crippen molar-refractivity contribution < 1.29 is 18.7 Å². The molecule has 1 fully saturated rings. The molecule has 3 aromatic rings. The number of rotatable bonds is 4. The first-order valence-electron chi connectivity index (χ1n) is 10.5. The standard InChI is InChI=1S/C26H23F2N3O2/c1-16-11-17(3-4-18-14-31(2)15-18)12-23(29-16)26(33)30-25(19-5-7-20(27)8-6-19)22-13-21(28)9-10-24(22)32/h5-13,18,25,32H,14-15H2,1-2H3,(H,30,33). The van der Waals surface area contributed by atoms with Crippen LogP contribution in [0.15, 0.2) is 54.6 Å². The molecule has 1 aromatic heterocycles. The Kier molecular flexibility index (Phi) is 6.38. The van der Waals surface area contributed by atoms with Crippen LogP contribution in [0, 0.1) is 36.3 Å². The minimum atomic E-state index is -0.920. The number of aryl methyl sites for hydroxylation is 1. The maximum atomic E-state index is 13.9. The van der Waals surface area contributed by atoms with Gasteiger partial charge in [-0.1, -0.05) is 24.0 Å². The fourth-order valence-electron chi connectivity index (χ4n) is 3.79. The highest BCUT2D eigenvalue weighted by Gasteiger charge is 2.23. The Labute approximate surface area is 191 Å². The number of hydrogen-bond acceptors (Lipinski definition) is 4. The number of halogens is 2. The van der Waals surface area contributed by atoms with E-state index in [1.54, 1.807) is 13.0 Å². The molecule has 0 saturated carbocycles. The summed E-state index contributed by atoms with van der Waals surface area (Å²) in [6, 6.07) is 11.4. The minimum absolute atomic E-state index is 0.146.